The first-order valence-electron chi connectivity index (χ1n) is 11.7. The highest BCUT2D eigenvalue weighted by Gasteiger charge is 2.36. The second-order valence-electron chi connectivity index (χ2n) is 9.40. The Morgan fingerprint density at radius 1 is 0.886 bits per heavy atom. The van der Waals surface area contributed by atoms with E-state index in [1.54, 1.807) is 31.2 Å². The van der Waals surface area contributed by atoms with E-state index in [1.165, 1.54) is 23.3 Å². The van der Waals surface area contributed by atoms with Gasteiger partial charge in [-0.1, -0.05) is 55.5 Å². The summed E-state index contributed by atoms with van der Waals surface area (Å²) in [7, 11) is -3.26. The van der Waals surface area contributed by atoms with Crippen LogP contribution in [-0.4, -0.2) is 30.9 Å². The molecule has 3 aromatic carbocycles. The van der Waals surface area contributed by atoms with Crippen LogP contribution >= 0.6 is 0 Å². The molecule has 0 saturated carbocycles. The fourth-order valence-corrected chi connectivity index (χ4v) is 5.22. The van der Waals surface area contributed by atoms with Crippen molar-refractivity contribution in [2.24, 2.45) is 0 Å². The maximum absolute atomic E-state index is 13.3. The second kappa shape index (κ2) is 9.66. The molecular weight excluding hydrogens is 460 g/mol. The topological polar surface area (TPSA) is 83.5 Å². The third kappa shape index (κ3) is 5.30. The van der Waals surface area contributed by atoms with Crippen LogP contribution in [0.4, 0.5) is 5.69 Å². The molecule has 0 unspecified atom stereocenters. The molecule has 1 N–H and O–H groups in total. The standard InChI is InChI=1S/C28H30N2O4S/c1-4-35(33,34)25-15-9-20(10-16-25)17-26(31)29-24-13-11-23(12-14-24)28(2,3)27(32)30-18-21-7-5-6-8-22(21)19-30/h5-16H,4,17-19H2,1-3H3,(H,29,31). The fourth-order valence-electron chi connectivity index (χ4n) is 4.34. The molecule has 6 nitrogen and oxygen atoms in total. The summed E-state index contributed by atoms with van der Waals surface area (Å²) < 4.78 is 23.9. The number of benzene rings is 3. The number of anilines is 1. The third-order valence-electron chi connectivity index (χ3n) is 6.58. The Hall–Kier alpha value is -3.45. The van der Waals surface area contributed by atoms with Crippen molar-refractivity contribution in [1.29, 1.82) is 0 Å². The average molecular weight is 491 g/mol. The van der Waals surface area contributed by atoms with Crippen LogP contribution in [0.1, 0.15) is 43.0 Å². The molecule has 35 heavy (non-hydrogen) atoms. The summed E-state index contributed by atoms with van der Waals surface area (Å²) in [5.74, 6) is -0.0928. The van der Waals surface area contributed by atoms with E-state index in [9.17, 15) is 18.0 Å². The van der Waals surface area contributed by atoms with E-state index < -0.39 is 15.3 Å². The highest BCUT2D eigenvalue weighted by atomic mass is 32.2. The van der Waals surface area contributed by atoms with Crippen LogP contribution in [-0.2, 0) is 44.4 Å². The van der Waals surface area contributed by atoms with E-state index in [-0.39, 0.29) is 28.9 Å². The third-order valence-corrected chi connectivity index (χ3v) is 8.33. The van der Waals surface area contributed by atoms with Crippen molar-refractivity contribution in [3.05, 3.63) is 95.1 Å². The number of nitrogens with zero attached hydrogens (tertiary/aromatic N) is 1. The molecule has 0 aromatic heterocycles. The first-order chi connectivity index (χ1) is 16.6. The van der Waals surface area contributed by atoms with E-state index in [0.29, 0.717) is 18.8 Å². The van der Waals surface area contributed by atoms with Gasteiger partial charge in [-0.25, -0.2) is 8.42 Å². The van der Waals surface area contributed by atoms with Crippen molar-refractivity contribution in [1.82, 2.24) is 4.90 Å². The van der Waals surface area contributed by atoms with Crippen LogP contribution in [0.5, 0.6) is 0 Å². The molecule has 182 valence electrons. The van der Waals surface area contributed by atoms with Crippen LogP contribution in [0.2, 0.25) is 0 Å². The van der Waals surface area contributed by atoms with Crippen molar-refractivity contribution in [3.8, 4) is 0 Å². The van der Waals surface area contributed by atoms with Gasteiger partial charge in [-0.15, -0.1) is 0 Å². The van der Waals surface area contributed by atoms with Crippen molar-refractivity contribution in [3.63, 3.8) is 0 Å². The Kier molecular flexibility index (Phi) is 6.81. The van der Waals surface area contributed by atoms with Crippen LogP contribution in [0.3, 0.4) is 0 Å². The van der Waals surface area contributed by atoms with Gasteiger partial charge in [0.25, 0.3) is 0 Å². The summed E-state index contributed by atoms with van der Waals surface area (Å²) in [6, 6.07) is 21.9. The average Bonchev–Trinajstić information content (AvgIpc) is 3.28. The SMILES string of the molecule is CCS(=O)(=O)c1ccc(CC(=O)Nc2ccc(C(C)(C)C(=O)N3Cc4ccccc4C3)cc2)cc1. The molecule has 7 heteroatoms. The van der Waals surface area contributed by atoms with Gasteiger partial charge in [0.15, 0.2) is 9.84 Å². The van der Waals surface area contributed by atoms with Gasteiger partial charge in [-0.05, 0) is 60.4 Å². The lowest BCUT2D eigenvalue weighted by atomic mass is 9.83. The zero-order valence-corrected chi connectivity index (χ0v) is 21.1. The molecule has 0 radical (unpaired) electrons. The molecule has 0 spiro atoms. The van der Waals surface area contributed by atoms with E-state index >= 15 is 0 Å². The number of rotatable bonds is 7. The lowest BCUT2D eigenvalue weighted by Gasteiger charge is -2.29. The first kappa shape index (κ1) is 24.7. The normalized spacial score (nSPS) is 13.4. The summed E-state index contributed by atoms with van der Waals surface area (Å²) >= 11 is 0. The molecule has 3 aromatic rings. The summed E-state index contributed by atoms with van der Waals surface area (Å²) in [6.07, 6.45) is 0.133. The maximum Gasteiger partial charge on any atom is 0.233 e. The largest absolute Gasteiger partial charge is 0.333 e. The summed E-state index contributed by atoms with van der Waals surface area (Å²) in [6.45, 7) is 6.70. The number of fused-ring (bicyclic) bond motifs is 1. The van der Waals surface area contributed by atoms with Gasteiger partial charge in [0.05, 0.1) is 22.5 Å². The lowest BCUT2D eigenvalue weighted by Crippen LogP contribution is -2.40. The number of sulfone groups is 1. The molecule has 4 rings (SSSR count). The number of hydrogen-bond donors (Lipinski definition) is 1. The Morgan fingerprint density at radius 2 is 1.46 bits per heavy atom. The molecule has 1 aliphatic rings. The first-order valence-corrected chi connectivity index (χ1v) is 13.3. The molecule has 1 aliphatic heterocycles. The number of nitrogens with one attached hydrogen (secondary N) is 1. The Balaban J connectivity index is 1.37. The van der Waals surface area contributed by atoms with Crippen LogP contribution < -0.4 is 5.32 Å². The predicted molar refractivity (Wildman–Crippen MR) is 137 cm³/mol. The predicted octanol–water partition coefficient (Wildman–Crippen LogP) is 4.48. The maximum atomic E-state index is 13.3. The zero-order chi connectivity index (χ0) is 25.2. The number of hydrogen-bond acceptors (Lipinski definition) is 4. The molecule has 0 fully saturated rings. The van der Waals surface area contributed by atoms with E-state index in [0.717, 1.165) is 11.1 Å². The molecule has 1 heterocycles. The molecule has 0 atom stereocenters. The number of carbonyl (C=O) groups excluding carboxylic acids is 2. The molecular formula is C28H30N2O4S. The number of amides is 2. The van der Waals surface area contributed by atoms with Crippen molar-refractivity contribution < 1.29 is 18.0 Å². The Morgan fingerprint density at radius 3 is 2.00 bits per heavy atom. The fraction of sp³-hybridized carbons (Fsp3) is 0.286. The Bertz CT molecular complexity index is 1320. The smallest absolute Gasteiger partial charge is 0.233 e. The molecule has 0 bridgehead atoms. The van der Waals surface area contributed by atoms with E-state index in [1.807, 2.05) is 43.0 Å². The van der Waals surface area contributed by atoms with Crippen LogP contribution in [0, 0.1) is 0 Å². The van der Waals surface area contributed by atoms with Gasteiger partial charge < -0.3 is 10.2 Å². The monoisotopic (exact) mass is 490 g/mol. The van der Waals surface area contributed by atoms with Crippen LogP contribution in [0.15, 0.2) is 77.7 Å². The highest BCUT2D eigenvalue weighted by Crippen LogP contribution is 2.31. The quantitative estimate of drug-likeness (QED) is 0.529. The van der Waals surface area contributed by atoms with Gasteiger partial charge in [0.2, 0.25) is 11.8 Å². The molecule has 2 amide bonds. The van der Waals surface area contributed by atoms with Crippen molar-refractivity contribution in [2.45, 2.75) is 50.6 Å². The second-order valence-corrected chi connectivity index (χ2v) is 11.7. The van der Waals surface area contributed by atoms with Crippen molar-refractivity contribution in [2.75, 3.05) is 11.1 Å². The zero-order valence-electron chi connectivity index (χ0n) is 20.2. The minimum atomic E-state index is -3.26. The van der Waals surface area contributed by atoms with Gasteiger partial charge >= 0.3 is 0 Å². The minimum absolute atomic E-state index is 0.0386. The van der Waals surface area contributed by atoms with Crippen molar-refractivity contribution >= 4 is 27.3 Å². The molecule has 0 saturated heterocycles. The minimum Gasteiger partial charge on any atom is -0.333 e. The van der Waals surface area contributed by atoms with Gasteiger partial charge in [-0.2, -0.15) is 0 Å². The summed E-state index contributed by atoms with van der Waals surface area (Å²) in [5, 5.41) is 2.87. The Labute approximate surface area is 206 Å². The van der Waals surface area contributed by atoms with E-state index in [2.05, 4.69) is 17.4 Å². The number of carbonyl (C=O) groups is 2. The highest BCUT2D eigenvalue weighted by molar-refractivity contribution is 7.91. The summed E-state index contributed by atoms with van der Waals surface area (Å²) in [4.78, 5) is 28.0. The van der Waals surface area contributed by atoms with E-state index in [4.69, 9.17) is 0 Å². The molecule has 0 aliphatic carbocycles. The van der Waals surface area contributed by atoms with Gasteiger partial charge in [0.1, 0.15) is 0 Å². The van der Waals surface area contributed by atoms with Gasteiger partial charge in [0, 0.05) is 18.8 Å². The van der Waals surface area contributed by atoms with Crippen LogP contribution in [0.25, 0.3) is 0 Å². The van der Waals surface area contributed by atoms with Gasteiger partial charge in [-0.3, -0.25) is 9.59 Å². The summed E-state index contributed by atoms with van der Waals surface area (Å²) in [5.41, 5.74) is 3.93. The lowest BCUT2D eigenvalue weighted by molar-refractivity contribution is -0.137.